The lowest BCUT2D eigenvalue weighted by molar-refractivity contribution is 0.103. The van der Waals surface area contributed by atoms with Crippen molar-refractivity contribution in [2.45, 2.75) is 0 Å². The van der Waals surface area contributed by atoms with Crippen molar-refractivity contribution in [3.63, 3.8) is 0 Å². The van der Waals surface area contributed by atoms with Gasteiger partial charge in [-0.1, -0.05) is 24.3 Å². The summed E-state index contributed by atoms with van der Waals surface area (Å²) in [4.78, 5) is 22.8. The van der Waals surface area contributed by atoms with Crippen LogP contribution in [0, 0.1) is 0 Å². The molecule has 0 saturated heterocycles. The molecule has 1 heterocycles. The molecule has 0 amide bonds. The van der Waals surface area contributed by atoms with Crippen LogP contribution in [-0.2, 0) is 0 Å². The molecule has 0 N–H and O–H groups in total. The van der Waals surface area contributed by atoms with Crippen molar-refractivity contribution in [1.82, 2.24) is 0 Å². The summed E-state index contributed by atoms with van der Waals surface area (Å²) >= 11 is 0. The van der Waals surface area contributed by atoms with Gasteiger partial charge in [-0.2, -0.15) is 5.11 Å². The number of hydrogen-bond donors (Lipinski definition) is 0. The summed E-state index contributed by atoms with van der Waals surface area (Å²) in [7, 11) is 0. The zero-order chi connectivity index (χ0) is 12.5. The summed E-state index contributed by atoms with van der Waals surface area (Å²) in [5, 5.41) is 7.83. The molecule has 0 unspecified atom stereocenters. The lowest BCUT2D eigenvalue weighted by atomic mass is 10.0. The predicted octanol–water partition coefficient (Wildman–Crippen LogP) is 3.46. The Morgan fingerprint density at radius 1 is 1.00 bits per heavy atom. The number of hydrogen-bond acceptors (Lipinski definition) is 4. The minimum atomic E-state index is -0.116. The van der Waals surface area contributed by atoms with Crippen molar-refractivity contribution >= 4 is 23.4 Å². The van der Waals surface area contributed by atoms with Gasteiger partial charge in [0.25, 0.3) is 0 Å². The second kappa shape index (κ2) is 4.00. The Balaban J connectivity index is 2.00. The number of rotatable bonds is 3. The first-order chi connectivity index (χ1) is 8.78. The van der Waals surface area contributed by atoms with E-state index in [0.29, 0.717) is 22.4 Å². The minimum absolute atomic E-state index is 0.116. The fraction of sp³-hybridized carbons (Fsp3) is 0. The van der Waals surface area contributed by atoms with E-state index in [1.807, 2.05) is 0 Å². The molecule has 4 nitrogen and oxygen atoms in total. The van der Waals surface area contributed by atoms with Gasteiger partial charge in [0.15, 0.2) is 5.78 Å². The normalized spacial score (nSPS) is 11.6. The van der Waals surface area contributed by atoms with Crippen LogP contribution in [0.5, 0.6) is 0 Å². The third kappa shape index (κ3) is 1.64. The van der Waals surface area contributed by atoms with E-state index in [1.54, 1.807) is 42.5 Å². The zero-order valence-electron chi connectivity index (χ0n) is 9.33. The summed E-state index contributed by atoms with van der Waals surface area (Å²) in [5.74, 6) is -0.116. The van der Waals surface area contributed by atoms with Gasteiger partial charge >= 0.3 is 0 Å². The van der Waals surface area contributed by atoms with Crippen LogP contribution < -0.4 is 0 Å². The number of carbonyl (C=O) groups excluding carboxylic acids is 2. The van der Waals surface area contributed by atoms with E-state index in [-0.39, 0.29) is 5.78 Å². The average Bonchev–Trinajstić information content (AvgIpc) is 2.80. The van der Waals surface area contributed by atoms with E-state index in [0.717, 1.165) is 12.0 Å². The lowest BCUT2D eigenvalue weighted by Crippen LogP contribution is -2.01. The van der Waals surface area contributed by atoms with Crippen LogP contribution in [0.3, 0.4) is 0 Å². The van der Waals surface area contributed by atoms with Gasteiger partial charge in [0.05, 0.1) is 16.9 Å². The van der Waals surface area contributed by atoms with Crippen LogP contribution >= 0.6 is 0 Å². The highest BCUT2D eigenvalue weighted by Gasteiger charge is 2.16. The first-order valence-corrected chi connectivity index (χ1v) is 5.44. The van der Waals surface area contributed by atoms with Crippen molar-refractivity contribution in [3.8, 4) is 0 Å². The molecule has 0 aromatic heterocycles. The third-order valence-corrected chi connectivity index (χ3v) is 2.81. The van der Waals surface area contributed by atoms with Crippen LogP contribution in [0.2, 0.25) is 0 Å². The van der Waals surface area contributed by atoms with E-state index >= 15 is 0 Å². The van der Waals surface area contributed by atoms with E-state index in [1.165, 1.54) is 0 Å². The fourth-order valence-corrected chi connectivity index (χ4v) is 1.84. The molecule has 3 rings (SSSR count). The molecule has 2 bridgehead atoms. The molecule has 86 valence electrons. The van der Waals surface area contributed by atoms with Crippen molar-refractivity contribution in [2.24, 2.45) is 10.2 Å². The number of aldehydes is 1. The predicted molar refractivity (Wildman–Crippen MR) is 65.9 cm³/mol. The fourth-order valence-electron chi connectivity index (χ4n) is 1.84. The molecule has 0 radical (unpaired) electrons. The van der Waals surface area contributed by atoms with Crippen LogP contribution in [0.4, 0.5) is 11.4 Å². The highest BCUT2D eigenvalue weighted by atomic mass is 16.1. The van der Waals surface area contributed by atoms with E-state index in [4.69, 9.17) is 0 Å². The number of carbonyl (C=O) groups is 2. The van der Waals surface area contributed by atoms with Crippen molar-refractivity contribution in [3.05, 3.63) is 59.2 Å². The third-order valence-electron chi connectivity index (χ3n) is 2.81. The lowest BCUT2D eigenvalue weighted by Gasteiger charge is -2.02. The molecular weight excluding hydrogens is 228 g/mol. The maximum atomic E-state index is 12.3. The van der Waals surface area contributed by atoms with Crippen LogP contribution in [-0.4, -0.2) is 12.1 Å². The van der Waals surface area contributed by atoms with Gasteiger partial charge in [0.1, 0.15) is 6.29 Å². The van der Waals surface area contributed by atoms with E-state index in [9.17, 15) is 9.59 Å². The van der Waals surface area contributed by atoms with Crippen LogP contribution in [0.25, 0.3) is 0 Å². The molecule has 0 spiro atoms. The highest BCUT2D eigenvalue weighted by Crippen LogP contribution is 2.33. The van der Waals surface area contributed by atoms with Crippen LogP contribution in [0.1, 0.15) is 26.3 Å². The Bertz CT molecular complexity index is 673. The highest BCUT2D eigenvalue weighted by molar-refractivity contribution is 6.12. The van der Waals surface area contributed by atoms with E-state index < -0.39 is 0 Å². The maximum Gasteiger partial charge on any atom is 0.195 e. The van der Waals surface area contributed by atoms with Gasteiger partial charge in [-0.05, 0) is 18.2 Å². The monoisotopic (exact) mass is 236 g/mol. The summed E-state index contributed by atoms with van der Waals surface area (Å²) in [5.41, 5.74) is 2.96. The number of nitrogens with zero attached hydrogens (tertiary/aromatic N) is 2. The molecule has 1 aliphatic rings. The molecule has 1 aliphatic heterocycles. The maximum absolute atomic E-state index is 12.3. The second-order valence-corrected chi connectivity index (χ2v) is 3.97. The smallest absolute Gasteiger partial charge is 0.195 e. The average molecular weight is 236 g/mol. The molecule has 2 aromatic rings. The Kier molecular flexibility index (Phi) is 2.34. The SMILES string of the molecule is O=Cc1ccc(C(=O)c2ccc3cc2N=N3)cc1. The van der Waals surface area contributed by atoms with Gasteiger partial charge in [-0.25, -0.2) is 0 Å². The number of benzene rings is 2. The molecular formula is C14H8N2O2. The van der Waals surface area contributed by atoms with Gasteiger partial charge in [0.2, 0.25) is 0 Å². The largest absolute Gasteiger partial charge is 0.298 e. The quantitative estimate of drug-likeness (QED) is 0.516. The van der Waals surface area contributed by atoms with Crippen LogP contribution in [0.15, 0.2) is 52.7 Å². The first kappa shape index (κ1) is 10.5. The number of azo groups is 1. The van der Waals surface area contributed by atoms with Gasteiger partial charge in [-0.15, -0.1) is 5.11 Å². The number of ketones is 1. The summed E-state index contributed by atoms with van der Waals surface area (Å²) in [6.45, 7) is 0. The summed E-state index contributed by atoms with van der Waals surface area (Å²) in [6, 6.07) is 11.8. The zero-order valence-corrected chi connectivity index (χ0v) is 9.33. The topological polar surface area (TPSA) is 58.9 Å². The van der Waals surface area contributed by atoms with Gasteiger partial charge < -0.3 is 0 Å². The minimum Gasteiger partial charge on any atom is -0.298 e. The van der Waals surface area contributed by atoms with Gasteiger partial charge in [0, 0.05) is 11.1 Å². The number of fused-ring (bicyclic) bond motifs is 2. The Morgan fingerprint density at radius 3 is 2.50 bits per heavy atom. The van der Waals surface area contributed by atoms with Crippen molar-refractivity contribution in [2.75, 3.05) is 0 Å². The summed E-state index contributed by atoms with van der Waals surface area (Å²) in [6.07, 6.45) is 0.747. The second-order valence-electron chi connectivity index (χ2n) is 3.97. The van der Waals surface area contributed by atoms with Gasteiger partial charge in [-0.3, -0.25) is 9.59 Å². The molecule has 0 aliphatic carbocycles. The Labute approximate surface area is 103 Å². The molecule has 0 saturated carbocycles. The Morgan fingerprint density at radius 2 is 1.78 bits per heavy atom. The standard InChI is InChI=1S/C14H8N2O2/c17-8-9-1-3-10(4-2-9)14(18)12-6-5-11-7-13(12)16-15-11/h1-8H. The molecule has 4 heteroatoms. The molecule has 18 heavy (non-hydrogen) atoms. The van der Waals surface area contributed by atoms with Crippen molar-refractivity contribution in [1.29, 1.82) is 0 Å². The first-order valence-electron chi connectivity index (χ1n) is 5.44. The summed E-state index contributed by atoms with van der Waals surface area (Å²) < 4.78 is 0. The molecule has 2 aromatic carbocycles. The molecule has 0 fully saturated rings. The Hall–Kier alpha value is -2.62. The molecule has 0 atom stereocenters. The van der Waals surface area contributed by atoms with Crippen molar-refractivity contribution < 1.29 is 9.59 Å². The van der Waals surface area contributed by atoms with E-state index in [2.05, 4.69) is 10.2 Å².